The molecule has 1 saturated carbocycles. The van der Waals surface area contributed by atoms with Crippen LogP contribution in [-0.2, 0) is 4.79 Å². The second kappa shape index (κ2) is 7.12. The van der Waals surface area contributed by atoms with Gasteiger partial charge in [-0.05, 0) is 48.2 Å². The van der Waals surface area contributed by atoms with Crippen molar-refractivity contribution in [3.05, 3.63) is 29.3 Å². The fourth-order valence-electron chi connectivity index (χ4n) is 2.98. The van der Waals surface area contributed by atoms with E-state index < -0.39 is 0 Å². The van der Waals surface area contributed by atoms with Crippen molar-refractivity contribution in [3.63, 3.8) is 0 Å². The van der Waals surface area contributed by atoms with Crippen molar-refractivity contribution in [1.29, 1.82) is 0 Å². The molecule has 0 aliphatic heterocycles. The standard InChI is InChI=1S/C16H21N5OS/c1-11-6-5-7-12(2)15(11)17-14(22)10-23-16-18-19-20-21(16)13-8-3-4-9-13/h5-7,13H,3-4,8-10H2,1-2H3,(H,17,22). The van der Waals surface area contributed by atoms with Crippen LogP contribution in [0.4, 0.5) is 5.69 Å². The molecule has 0 bridgehead atoms. The number of para-hydroxylation sites is 1. The van der Waals surface area contributed by atoms with Gasteiger partial charge in [0.2, 0.25) is 11.1 Å². The molecule has 1 amide bonds. The summed E-state index contributed by atoms with van der Waals surface area (Å²) in [5.74, 6) is 0.273. The zero-order valence-corrected chi connectivity index (χ0v) is 14.3. The van der Waals surface area contributed by atoms with E-state index in [1.165, 1.54) is 24.6 Å². The zero-order valence-electron chi connectivity index (χ0n) is 13.5. The Balaban J connectivity index is 1.60. The Morgan fingerprint density at radius 3 is 2.70 bits per heavy atom. The van der Waals surface area contributed by atoms with E-state index in [0.29, 0.717) is 11.8 Å². The number of benzene rings is 1. The molecule has 122 valence electrons. The van der Waals surface area contributed by atoms with Crippen LogP contribution in [0.3, 0.4) is 0 Å². The first kappa shape index (κ1) is 16.0. The van der Waals surface area contributed by atoms with Gasteiger partial charge in [-0.1, -0.05) is 42.8 Å². The Bertz CT molecular complexity index is 673. The maximum Gasteiger partial charge on any atom is 0.234 e. The van der Waals surface area contributed by atoms with E-state index in [-0.39, 0.29) is 5.91 Å². The largest absolute Gasteiger partial charge is 0.325 e. The van der Waals surface area contributed by atoms with Crippen LogP contribution in [0, 0.1) is 13.8 Å². The normalized spacial score (nSPS) is 15.0. The smallest absolute Gasteiger partial charge is 0.234 e. The second-order valence-corrected chi connectivity index (χ2v) is 6.89. The Morgan fingerprint density at radius 1 is 1.30 bits per heavy atom. The molecule has 1 aromatic heterocycles. The number of tetrazole rings is 1. The van der Waals surface area contributed by atoms with Crippen molar-refractivity contribution in [1.82, 2.24) is 20.2 Å². The third-order valence-electron chi connectivity index (χ3n) is 4.21. The minimum Gasteiger partial charge on any atom is -0.325 e. The van der Waals surface area contributed by atoms with Gasteiger partial charge in [-0.3, -0.25) is 4.79 Å². The number of amides is 1. The lowest BCUT2D eigenvalue weighted by Crippen LogP contribution is -2.16. The van der Waals surface area contributed by atoms with Crippen molar-refractivity contribution < 1.29 is 4.79 Å². The number of aromatic nitrogens is 4. The number of thioether (sulfide) groups is 1. The lowest BCUT2D eigenvalue weighted by molar-refractivity contribution is -0.113. The highest BCUT2D eigenvalue weighted by Crippen LogP contribution is 2.31. The number of carbonyl (C=O) groups is 1. The summed E-state index contributed by atoms with van der Waals surface area (Å²) in [7, 11) is 0. The minimum absolute atomic E-state index is 0.0339. The molecule has 1 aliphatic rings. The van der Waals surface area contributed by atoms with Gasteiger partial charge in [-0.2, -0.15) is 0 Å². The fraction of sp³-hybridized carbons (Fsp3) is 0.500. The molecule has 0 saturated heterocycles. The summed E-state index contributed by atoms with van der Waals surface area (Å²) in [4.78, 5) is 12.2. The van der Waals surface area contributed by atoms with Gasteiger partial charge in [0.1, 0.15) is 0 Å². The fourth-order valence-corrected chi connectivity index (χ4v) is 3.72. The SMILES string of the molecule is Cc1cccc(C)c1NC(=O)CSc1nnnn1C1CCCC1. The maximum absolute atomic E-state index is 12.2. The van der Waals surface area contributed by atoms with Gasteiger partial charge in [-0.15, -0.1) is 5.10 Å². The molecule has 1 aliphatic carbocycles. The van der Waals surface area contributed by atoms with Gasteiger partial charge in [0.15, 0.2) is 0 Å². The minimum atomic E-state index is -0.0339. The number of carbonyl (C=O) groups excluding carboxylic acids is 1. The molecular formula is C16H21N5OS. The predicted octanol–water partition coefficient (Wildman–Crippen LogP) is 3.14. The third kappa shape index (κ3) is 3.72. The van der Waals surface area contributed by atoms with Crippen LogP contribution < -0.4 is 5.32 Å². The lowest BCUT2D eigenvalue weighted by atomic mass is 10.1. The number of hydrogen-bond donors (Lipinski definition) is 1. The van der Waals surface area contributed by atoms with Crippen LogP contribution >= 0.6 is 11.8 Å². The highest BCUT2D eigenvalue weighted by molar-refractivity contribution is 7.99. The Labute approximate surface area is 140 Å². The van der Waals surface area contributed by atoms with Gasteiger partial charge in [-0.25, -0.2) is 4.68 Å². The van der Waals surface area contributed by atoms with Gasteiger partial charge in [0, 0.05) is 5.69 Å². The van der Waals surface area contributed by atoms with Crippen LogP contribution in [0.5, 0.6) is 0 Å². The summed E-state index contributed by atoms with van der Waals surface area (Å²) in [6.07, 6.45) is 4.68. The Morgan fingerprint density at radius 2 is 2.00 bits per heavy atom. The number of nitrogens with zero attached hydrogens (tertiary/aromatic N) is 4. The molecule has 7 heteroatoms. The number of aryl methyl sites for hydroxylation is 2. The molecule has 1 aromatic carbocycles. The first-order chi connectivity index (χ1) is 11.1. The van der Waals surface area contributed by atoms with E-state index in [4.69, 9.17) is 0 Å². The third-order valence-corrected chi connectivity index (χ3v) is 5.14. The quantitative estimate of drug-likeness (QED) is 0.852. The molecule has 23 heavy (non-hydrogen) atoms. The van der Waals surface area contributed by atoms with Gasteiger partial charge < -0.3 is 5.32 Å². The maximum atomic E-state index is 12.2. The lowest BCUT2D eigenvalue weighted by Gasteiger charge is -2.12. The van der Waals surface area contributed by atoms with Crippen molar-refractivity contribution in [2.24, 2.45) is 0 Å². The second-order valence-electron chi connectivity index (χ2n) is 5.95. The topological polar surface area (TPSA) is 72.7 Å². The molecule has 1 fully saturated rings. The molecule has 6 nitrogen and oxygen atoms in total. The van der Waals surface area contributed by atoms with E-state index in [1.54, 1.807) is 0 Å². The van der Waals surface area contributed by atoms with Crippen molar-refractivity contribution >= 4 is 23.4 Å². The van der Waals surface area contributed by atoms with Gasteiger partial charge in [0.25, 0.3) is 0 Å². The van der Waals surface area contributed by atoms with E-state index >= 15 is 0 Å². The number of nitrogens with one attached hydrogen (secondary N) is 1. The van der Waals surface area contributed by atoms with E-state index in [2.05, 4.69) is 20.8 Å². The van der Waals surface area contributed by atoms with E-state index in [1.807, 2.05) is 36.7 Å². The first-order valence-corrected chi connectivity index (χ1v) is 8.90. The average molecular weight is 331 g/mol. The van der Waals surface area contributed by atoms with Crippen LogP contribution in [0.1, 0.15) is 42.9 Å². The summed E-state index contributed by atoms with van der Waals surface area (Å²) in [6, 6.07) is 6.37. The van der Waals surface area contributed by atoms with Crippen LogP contribution in [-0.4, -0.2) is 31.9 Å². The van der Waals surface area contributed by atoms with Crippen LogP contribution in [0.2, 0.25) is 0 Å². The molecule has 0 radical (unpaired) electrons. The molecule has 2 aromatic rings. The van der Waals surface area contributed by atoms with Crippen LogP contribution in [0.15, 0.2) is 23.4 Å². The summed E-state index contributed by atoms with van der Waals surface area (Å²) < 4.78 is 1.88. The summed E-state index contributed by atoms with van der Waals surface area (Å²) in [6.45, 7) is 3.99. The molecular weight excluding hydrogens is 310 g/mol. The summed E-state index contributed by atoms with van der Waals surface area (Å²) >= 11 is 1.39. The average Bonchev–Trinajstić information content (AvgIpc) is 3.19. The monoisotopic (exact) mass is 331 g/mol. The van der Waals surface area contributed by atoms with Crippen molar-refractivity contribution in [2.75, 3.05) is 11.1 Å². The Hall–Kier alpha value is -1.89. The molecule has 1 N–H and O–H groups in total. The zero-order chi connectivity index (χ0) is 16.2. The highest BCUT2D eigenvalue weighted by Gasteiger charge is 2.22. The molecule has 1 heterocycles. The van der Waals surface area contributed by atoms with Gasteiger partial charge in [0.05, 0.1) is 11.8 Å². The van der Waals surface area contributed by atoms with Crippen LogP contribution in [0.25, 0.3) is 0 Å². The summed E-state index contributed by atoms with van der Waals surface area (Å²) in [5, 5.41) is 15.6. The van der Waals surface area contributed by atoms with Gasteiger partial charge >= 0.3 is 0 Å². The molecule has 0 unspecified atom stereocenters. The van der Waals surface area contributed by atoms with E-state index in [0.717, 1.165) is 34.8 Å². The Kier molecular flexibility index (Phi) is 4.95. The number of hydrogen-bond acceptors (Lipinski definition) is 5. The van der Waals surface area contributed by atoms with Crippen molar-refractivity contribution in [3.8, 4) is 0 Å². The highest BCUT2D eigenvalue weighted by atomic mass is 32.2. The molecule has 0 atom stereocenters. The predicted molar refractivity (Wildman–Crippen MR) is 90.6 cm³/mol. The molecule has 0 spiro atoms. The number of rotatable bonds is 5. The first-order valence-electron chi connectivity index (χ1n) is 7.92. The number of anilines is 1. The van der Waals surface area contributed by atoms with E-state index in [9.17, 15) is 4.79 Å². The summed E-state index contributed by atoms with van der Waals surface area (Å²) in [5.41, 5.74) is 3.03. The van der Waals surface area contributed by atoms with Crippen molar-refractivity contribution in [2.45, 2.75) is 50.7 Å². The molecule has 3 rings (SSSR count).